The Bertz CT molecular complexity index is 1450. The van der Waals surface area contributed by atoms with E-state index in [1.165, 1.54) is 24.9 Å². The maximum Gasteiger partial charge on any atom is 0.334 e. The molecule has 4 rings (SSSR count). The minimum absolute atomic E-state index is 0.0359. The van der Waals surface area contributed by atoms with E-state index < -0.39 is 22.3 Å². The van der Waals surface area contributed by atoms with E-state index in [1.807, 2.05) is 59.1 Å². The molecule has 0 amide bonds. The van der Waals surface area contributed by atoms with E-state index in [9.17, 15) is 19.0 Å². The Labute approximate surface area is 273 Å². The van der Waals surface area contributed by atoms with Crippen LogP contribution in [-0.4, -0.2) is 49.9 Å². The largest absolute Gasteiger partial charge is 0.497 e. The van der Waals surface area contributed by atoms with E-state index in [1.54, 1.807) is 13.2 Å². The van der Waals surface area contributed by atoms with E-state index in [2.05, 4.69) is 30.9 Å². The molecule has 45 heavy (non-hydrogen) atoms. The van der Waals surface area contributed by atoms with Crippen molar-refractivity contribution in [2.24, 2.45) is 0 Å². The Balaban J connectivity index is 2.01. The van der Waals surface area contributed by atoms with Crippen molar-refractivity contribution < 1.29 is 28.5 Å². The predicted octanol–water partition coefficient (Wildman–Crippen LogP) is 9.58. The van der Waals surface area contributed by atoms with Crippen LogP contribution in [0.4, 0.5) is 11.4 Å². The Kier molecular flexibility index (Phi) is 11.9. The SMILES string of the molecule is CCCCC1(CCCC)CN(c2ccccc2)c2cc(SC)c(O/C=C(\C)C(=O)O)cc2S(O)(O)N1Cc1ccc(OC)cc1. The van der Waals surface area contributed by atoms with Crippen molar-refractivity contribution in [3.63, 3.8) is 0 Å². The lowest BCUT2D eigenvalue weighted by Crippen LogP contribution is -2.54. The van der Waals surface area contributed by atoms with Crippen LogP contribution in [0.25, 0.3) is 0 Å². The zero-order valence-corrected chi connectivity index (χ0v) is 28.5. The van der Waals surface area contributed by atoms with Gasteiger partial charge in [-0.25, -0.2) is 4.79 Å². The van der Waals surface area contributed by atoms with Crippen LogP contribution in [0, 0.1) is 0 Å². The summed E-state index contributed by atoms with van der Waals surface area (Å²) in [6, 6.07) is 21.5. The third kappa shape index (κ3) is 7.81. The molecule has 0 radical (unpaired) electrons. The van der Waals surface area contributed by atoms with Crippen molar-refractivity contribution in [2.45, 2.75) is 81.2 Å². The van der Waals surface area contributed by atoms with Gasteiger partial charge in [-0.2, -0.15) is 4.31 Å². The van der Waals surface area contributed by atoms with E-state index in [-0.39, 0.29) is 5.57 Å². The summed E-state index contributed by atoms with van der Waals surface area (Å²) in [5.41, 5.74) is 2.06. The first kappa shape index (κ1) is 34.7. The maximum atomic E-state index is 12.6. The number of fused-ring (bicyclic) bond motifs is 1. The average Bonchev–Trinajstić information content (AvgIpc) is 3.13. The number of nitrogens with zero attached hydrogens (tertiary/aromatic N) is 2. The van der Waals surface area contributed by atoms with Crippen LogP contribution in [-0.2, 0) is 11.3 Å². The van der Waals surface area contributed by atoms with Gasteiger partial charge in [-0.05, 0) is 61.9 Å². The summed E-state index contributed by atoms with van der Waals surface area (Å²) >= 11 is 1.46. The summed E-state index contributed by atoms with van der Waals surface area (Å²) in [6.45, 7) is 6.67. The second-order valence-corrected chi connectivity index (χ2v) is 14.2. The molecule has 10 heteroatoms. The smallest absolute Gasteiger partial charge is 0.334 e. The highest BCUT2D eigenvalue weighted by Crippen LogP contribution is 2.64. The molecular weight excluding hydrogens is 609 g/mol. The molecule has 1 aliphatic heterocycles. The summed E-state index contributed by atoms with van der Waals surface area (Å²) in [5, 5.41) is 9.42. The molecule has 8 nitrogen and oxygen atoms in total. The number of methoxy groups -OCH3 is 1. The molecule has 3 N–H and O–H groups in total. The first-order valence-electron chi connectivity index (χ1n) is 15.4. The van der Waals surface area contributed by atoms with Gasteiger partial charge in [0.1, 0.15) is 22.7 Å². The summed E-state index contributed by atoms with van der Waals surface area (Å²) < 4.78 is 38.5. The number of hydrogen-bond acceptors (Lipinski definition) is 8. The normalized spacial score (nSPS) is 16.9. The highest BCUT2D eigenvalue weighted by atomic mass is 32.3. The number of anilines is 2. The van der Waals surface area contributed by atoms with E-state index >= 15 is 0 Å². The van der Waals surface area contributed by atoms with Gasteiger partial charge < -0.3 is 19.5 Å². The molecule has 244 valence electrons. The topological polar surface area (TPSA) is 103 Å². The minimum atomic E-state index is -3.61. The highest BCUT2D eigenvalue weighted by Gasteiger charge is 2.49. The highest BCUT2D eigenvalue weighted by molar-refractivity contribution is 8.22. The molecule has 1 heterocycles. The summed E-state index contributed by atoms with van der Waals surface area (Å²) in [6.07, 6.45) is 8.51. The summed E-state index contributed by atoms with van der Waals surface area (Å²) in [5.74, 6) is 0.0206. The molecular formula is C35H46N2O6S2. The van der Waals surface area contributed by atoms with Gasteiger partial charge in [0.15, 0.2) is 0 Å². The van der Waals surface area contributed by atoms with Crippen molar-refractivity contribution >= 4 is 39.9 Å². The first-order chi connectivity index (χ1) is 21.6. The van der Waals surface area contributed by atoms with Crippen LogP contribution in [0.15, 0.2) is 88.4 Å². The summed E-state index contributed by atoms with van der Waals surface area (Å²) in [4.78, 5) is 14.8. The van der Waals surface area contributed by atoms with Crippen molar-refractivity contribution in [3.05, 3.63) is 84.1 Å². The standard InChI is InChI=1S/C35H46N2O6S2/c1-6-8-19-35(20-9-7-2)25-36(28-13-11-10-12-14-28)30-21-32(44-5)31(43-24-26(3)34(38)39)22-33(30)45(40,41)37(35)23-27-15-17-29(42-4)18-16-27/h10-18,21-22,24,40-41H,6-9,19-20,23,25H2,1-5H3,(H,38,39)/b26-24+. The van der Waals surface area contributed by atoms with Crippen LogP contribution >= 0.6 is 22.5 Å². The zero-order chi connectivity index (χ0) is 32.6. The number of ether oxygens (including phenoxy) is 2. The van der Waals surface area contributed by atoms with Crippen molar-refractivity contribution in [2.75, 3.05) is 24.8 Å². The molecule has 0 unspecified atom stereocenters. The van der Waals surface area contributed by atoms with Gasteiger partial charge in [-0.1, -0.05) is 69.9 Å². The fourth-order valence-corrected chi connectivity index (χ4v) is 8.40. The Morgan fingerprint density at radius 3 is 2.22 bits per heavy atom. The van der Waals surface area contributed by atoms with Crippen LogP contribution in [0.2, 0.25) is 0 Å². The van der Waals surface area contributed by atoms with Gasteiger partial charge in [-0.3, -0.25) is 9.11 Å². The van der Waals surface area contributed by atoms with Crippen molar-refractivity contribution in [3.8, 4) is 11.5 Å². The number of benzene rings is 3. The molecule has 0 aliphatic carbocycles. The zero-order valence-electron chi connectivity index (χ0n) is 26.9. The van der Waals surface area contributed by atoms with E-state index in [0.717, 1.165) is 60.4 Å². The average molecular weight is 655 g/mol. The number of para-hydroxylation sites is 1. The number of hydrogen-bond donors (Lipinski definition) is 3. The third-order valence-electron chi connectivity index (χ3n) is 8.36. The number of rotatable bonds is 14. The van der Waals surface area contributed by atoms with Crippen LogP contribution in [0.5, 0.6) is 11.5 Å². The molecule has 0 bridgehead atoms. The maximum absolute atomic E-state index is 12.6. The number of unbranched alkanes of at least 4 members (excludes halogenated alkanes) is 2. The Hall–Kier alpha value is -3.15. The van der Waals surface area contributed by atoms with Gasteiger partial charge in [0, 0.05) is 24.8 Å². The van der Waals surface area contributed by atoms with Crippen LogP contribution in [0.1, 0.15) is 64.9 Å². The number of carboxylic acid groups (broad SMARTS) is 1. The molecule has 3 aromatic carbocycles. The number of carboxylic acids is 1. The number of carbonyl (C=O) groups is 1. The quantitative estimate of drug-likeness (QED) is 0.0891. The van der Waals surface area contributed by atoms with Crippen molar-refractivity contribution in [1.29, 1.82) is 0 Å². The number of aliphatic carboxylic acids is 1. The molecule has 0 saturated heterocycles. The lowest BCUT2D eigenvalue weighted by atomic mass is 9.85. The molecule has 0 atom stereocenters. The lowest BCUT2D eigenvalue weighted by molar-refractivity contribution is -0.132. The molecule has 0 aromatic heterocycles. The summed E-state index contributed by atoms with van der Waals surface area (Å²) in [7, 11) is -1.98. The van der Waals surface area contributed by atoms with Gasteiger partial charge in [-0.15, -0.1) is 22.5 Å². The fourth-order valence-electron chi connectivity index (χ4n) is 5.80. The number of thioether (sulfide) groups is 1. The van der Waals surface area contributed by atoms with Crippen LogP contribution < -0.4 is 14.4 Å². The third-order valence-corrected chi connectivity index (χ3v) is 11.2. The van der Waals surface area contributed by atoms with Crippen molar-refractivity contribution in [1.82, 2.24) is 4.31 Å². The lowest BCUT2D eigenvalue weighted by Gasteiger charge is -2.52. The monoisotopic (exact) mass is 654 g/mol. The van der Waals surface area contributed by atoms with Gasteiger partial charge >= 0.3 is 5.97 Å². The van der Waals surface area contributed by atoms with Crippen LogP contribution in [0.3, 0.4) is 0 Å². The van der Waals surface area contributed by atoms with Gasteiger partial charge in [0.05, 0.1) is 28.8 Å². The molecule has 0 fully saturated rings. The minimum Gasteiger partial charge on any atom is -0.497 e. The molecule has 1 aliphatic rings. The molecule has 3 aromatic rings. The Morgan fingerprint density at radius 2 is 1.67 bits per heavy atom. The first-order valence-corrected chi connectivity index (χ1v) is 18.1. The van der Waals surface area contributed by atoms with E-state index in [4.69, 9.17) is 9.47 Å². The predicted molar refractivity (Wildman–Crippen MR) is 185 cm³/mol. The van der Waals surface area contributed by atoms with Gasteiger partial charge in [0.25, 0.3) is 0 Å². The fraction of sp³-hybridized carbons (Fsp3) is 0.400. The Morgan fingerprint density at radius 1 is 1.02 bits per heavy atom. The second kappa shape index (κ2) is 15.4. The van der Waals surface area contributed by atoms with Gasteiger partial charge in [0.2, 0.25) is 0 Å². The molecule has 0 spiro atoms. The van der Waals surface area contributed by atoms with E-state index in [0.29, 0.717) is 29.4 Å². The second-order valence-electron chi connectivity index (χ2n) is 11.5. The molecule has 0 saturated carbocycles.